The van der Waals surface area contributed by atoms with E-state index in [1.165, 1.54) is 15.6 Å². The zero-order valence-corrected chi connectivity index (χ0v) is 14.3. The summed E-state index contributed by atoms with van der Waals surface area (Å²) in [4.78, 5) is 0. The van der Waals surface area contributed by atoms with Crippen LogP contribution in [-0.4, -0.2) is 0 Å². The molecule has 0 bridgehead atoms. The van der Waals surface area contributed by atoms with E-state index in [-0.39, 0.29) is 6.04 Å². The molecule has 108 valence electrons. The molecule has 2 aromatic carbocycles. The van der Waals surface area contributed by atoms with Gasteiger partial charge in [-0.1, -0.05) is 35.9 Å². The third kappa shape index (κ3) is 3.15. The highest BCUT2D eigenvalue weighted by atomic mass is 79.9. The van der Waals surface area contributed by atoms with E-state index in [1.807, 2.05) is 18.2 Å². The first-order chi connectivity index (χ1) is 10.2. The van der Waals surface area contributed by atoms with Gasteiger partial charge < -0.3 is 0 Å². The Kier molecular flexibility index (Phi) is 4.62. The molecule has 2 nitrogen and oxygen atoms in total. The third-order valence-electron chi connectivity index (χ3n) is 3.53. The number of benzene rings is 2. The maximum atomic E-state index is 6.18. The molecule has 0 saturated carbocycles. The lowest BCUT2D eigenvalue weighted by atomic mass is 9.99. The van der Waals surface area contributed by atoms with Crippen molar-refractivity contribution >= 4 is 49.0 Å². The first-order valence-electron chi connectivity index (χ1n) is 6.55. The number of thiophene rings is 1. The second kappa shape index (κ2) is 6.46. The molecule has 0 aliphatic carbocycles. The van der Waals surface area contributed by atoms with Crippen LogP contribution in [0.15, 0.2) is 52.3 Å². The van der Waals surface area contributed by atoms with Crippen LogP contribution in [-0.2, 0) is 6.42 Å². The Labute approximate surface area is 141 Å². The predicted octanol–water partition coefficient (Wildman–Crippen LogP) is 5.06. The molecule has 1 heterocycles. The summed E-state index contributed by atoms with van der Waals surface area (Å²) >= 11 is 11.4. The highest BCUT2D eigenvalue weighted by Gasteiger charge is 2.14. The Morgan fingerprint density at radius 1 is 1.24 bits per heavy atom. The second-order valence-corrected chi connectivity index (χ2v) is 7.03. The Balaban J connectivity index is 1.92. The third-order valence-corrected chi connectivity index (χ3v) is 5.78. The van der Waals surface area contributed by atoms with Crippen LogP contribution in [0.2, 0.25) is 5.02 Å². The summed E-state index contributed by atoms with van der Waals surface area (Å²) in [6.07, 6.45) is 0.832. The van der Waals surface area contributed by atoms with Gasteiger partial charge in [-0.25, -0.2) is 0 Å². The van der Waals surface area contributed by atoms with Crippen molar-refractivity contribution in [3.05, 3.63) is 68.5 Å². The Hall–Kier alpha value is -0.910. The lowest BCUT2D eigenvalue weighted by molar-refractivity contribution is 0.554. The average Bonchev–Trinajstić information content (AvgIpc) is 2.91. The summed E-state index contributed by atoms with van der Waals surface area (Å²) in [5.74, 6) is 5.75. The molecule has 0 saturated heterocycles. The normalized spacial score (nSPS) is 12.7. The largest absolute Gasteiger partial charge is 0.271 e. The molecule has 0 fully saturated rings. The first-order valence-corrected chi connectivity index (χ1v) is 8.60. The van der Waals surface area contributed by atoms with Gasteiger partial charge in [0.1, 0.15) is 0 Å². The number of hydrogen-bond acceptors (Lipinski definition) is 3. The van der Waals surface area contributed by atoms with Crippen molar-refractivity contribution in [2.24, 2.45) is 5.84 Å². The Bertz CT molecular complexity index is 772. The van der Waals surface area contributed by atoms with Crippen molar-refractivity contribution in [2.45, 2.75) is 12.5 Å². The standard InChI is InChI=1S/C16H14BrClN2S/c17-13-6-5-10(7-14(13)18)15(20-19)8-11-9-21-16-4-2-1-3-12(11)16/h1-7,9,15,20H,8,19H2. The topological polar surface area (TPSA) is 38.0 Å². The van der Waals surface area contributed by atoms with E-state index in [9.17, 15) is 0 Å². The van der Waals surface area contributed by atoms with Crippen LogP contribution in [0.5, 0.6) is 0 Å². The quantitative estimate of drug-likeness (QED) is 0.489. The molecule has 0 aliphatic rings. The van der Waals surface area contributed by atoms with Gasteiger partial charge in [0.2, 0.25) is 0 Å². The fraction of sp³-hybridized carbons (Fsp3) is 0.125. The highest BCUT2D eigenvalue weighted by molar-refractivity contribution is 9.10. The summed E-state index contributed by atoms with van der Waals surface area (Å²) in [6.45, 7) is 0. The maximum absolute atomic E-state index is 6.18. The van der Waals surface area contributed by atoms with E-state index in [0.717, 1.165) is 16.5 Å². The zero-order chi connectivity index (χ0) is 14.8. The van der Waals surface area contributed by atoms with E-state index in [1.54, 1.807) is 11.3 Å². The fourth-order valence-corrected chi connectivity index (χ4v) is 3.82. The molecule has 1 aromatic heterocycles. The summed E-state index contributed by atoms with van der Waals surface area (Å²) in [5.41, 5.74) is 5.29. The van der Waals surface area contributed by atoms with Gasteiger partial charge in [-0.15, -0.1) is 11.3 Å². The van der Waals surface area contributed by atoms with E-state index >= 15 is 0 Å². The second-order valence-electron chi connectivity index (χ2n) is 4.85. The molecule has 1 unspecified atom stereocenters. The summed E-state index contributed by atoms with van der Waals surface area (Å²) in [6, 6.07) is 14.4. The highest BCUT2D eigenvalue weighted by Crippen LogP contribution is 2.31. The molecule has 0 spiro atoms. The van der Waals surface area contributed by atoms with Gasteiger partial charge in [0.05, 0.1) is 11.1 Å². The molecule has 3 N–H and O–H groups in total. The molecule has 0 aliphatic heterocycles. The Morgan fingerprint density at radius 3 is 2.81 bits per heavy atom. The zero-order valence-electron chi connectivity index (χ0n) is 11.1. The van der Waals surface area contributed by atoms with Gasteiger partial charge in [0.25, 0.3) is 0 Å². The van der Waals surface area contributed by atoms with E-state index in [4.69, 9.17) is 17.4 Å². The summed E-state index contributed by atoms with van der Waals surface area (Å²) < 4.78 is 2.20. The van der Waals surface area contributed by atoms with Crippen LogP contribution in [0.3, 0.4) is 0 Å². The number of fused-ring (bicyclic) bond motifs is 1. The van der Waals surface area contributed by atoms with Crippen molar-refractivity contribution < 1.29 is 0 Å². The molecule has 5 heteroatoms. The van der Waals surface area contributed by atoms with Crippen molar-refractivity contribution in [3.8, 4) is 0 Å². The number of nitrogens with two attached hydrogens (primary N) is 1. The number of halogens is 2. The average molecular weight is 382 g/mol. The minimum atomic E-state index is 0.0357. The van der Waals surface area contributed by atoms with Gasteiger partial charge in [-0.2, -0.15) is 0 Å². The van der Waals surface area contributed by atoms with Gasteiger partial charge in [0.15, 0.2) is 0 Å². The monoisotopic (exact) mass is 380 g/mol. The predicted molar refractivity (Wildman–Crippen MR) is 94.7 cm³/mol. The minimum absolute atomic E-state index is 0.0357. The first kappa shape index (κ1) is 15.0. The molecular formula is C16H14BrClN2S. The van der Waals surface area contributed by atoms with E-state index in [0.29, 0.717) is 5.02 Å². The van der Waals surface area contributed by atoms with Gasteiger partial charge in [-0.3, -0.25) is 11.3 Å². The van der Waals surface area contributed by atoms with Crippen molar-refractivity contribution in [1.29, 1.82) is 0 Å². The van der Waals surface area contributed by atoms with Gasteiger partial charge >= 0.3 is 0 Å². The summed E-state index contributed by atoms with van der Waals surface area (Å²) in [7, 11) is 0. The maximum Gasteiger partial charge on any atom is 0.0551 e. The molecule has 3 rings (SSSR count). The van der Waals surface area contributed by atoms with E-state index in [2.05, 4.69) is 51.0 Å². The smallest absolute Gasteiger partial charge is 0.0551 e. The van der Waals surface area contributed by atoms with Crippen LogP contribution < -0.4 is 11.3 Å². The fourth-order valence-electron chi connectivity index (χ4n) is 2.41. The Morgan fingerprint density at radius 2 is 2.05 bits per heavy atom. The minimum Gasteiger partial charge on any atom is -0.271 e. The molecule has 0 amide bonds. The van der Waals surface area contributed by atoms with Gasteiger partial charge in [-0.05, 0) is 62.4 Å². The van der Waals surface area contributed by atoms with Gasteiger partial charge in [0, 0.05) is 9.17 Å². The number of hydrazine groups is 1. The number of rotatable bonds is 4. The lowest BCUT2D eigenvalue weighted by Gasteiger charge is -2.16. The molecular weight excluding hydrogens is 368 g/mol. The SMILES string of the molecule is NNC(Cc1csc2ccccc12)c1ccc(Br)c(Cl)c1. The molecule has 0 radical (unpaired) electrons. The molecule has 3 aromatic rings. The lowest BCUT2D eigenvalue weighted by Crippen LogP contribution is -2.29. The van der Waals surface area contributed by atoms with Crippen molar-refractivity contribution in [2.75, 3.05) is 0 Å². The van der Waals surface area contributed by atoms with Crippen LogP contribution in [0.4, 0.5) is 0 Å². The van der Waals surface area contributed by atoms with Crippen molar-refractivity contribution in [1.82, 2.24) is 5.43 Å². The van der Waals surface area contributed by atoms with E-state index < -0.39 is 0 Å². The number of nitrogens with one attached hydrogen (secondary N) is 1. The van der Waals surface area contributed by atoms with Crippen molar-refractivity contribution in [3.63, 3.8) is 0 Å². The van der Waals surface area contributed by atoms with Crippen LogP contribution in [0.1, 0.15) is 17.2 Å². The molecule has 1 atom stereocenters. The van der Waals surface area contributed by atoms with Crippen LogP contribution in [0, 0.1) is 0 Å². The molecule has 21 heavy (non-hydrogen) atoms. The van der Waals surface area contributed by atoms with Crippen LogP contribution in [0.25, 0.3) is 10.1 Å². The number of hydrogen-bond donors (Lipinski definition) is 2. The summed E-state index contributed by atoms with van der Waals surface area (Å²) in [5, 5.41) is 4.20. The van der Waals surface area contributed by atoms with Crippen LogP contribution >= 0.6 is 38.9 Å².